The van der Waals surface area contributed by atoms with Gasteiger partial charge in [0.25, 0.3) is 0 Å². The molecule has 0 saturated carbocycles. The standard InChI is InChI=1S/C47H28N6O2/c1-3-11-29(12-4-1)43-50-44(30-13-5-2-6-14-30)52-45(51-43)32-22-26-42-38(28-32)49-46(55-42)31-19-23-34(24-20-31)53-39-17-9-7-15-35(39)36-27-33(21-25-40(36)53)47-48-37-16-8-10-18-41(37)54-47/h1-28H. The molecule has 0 spiro atoms. The van der Waals surface area contributed by atoms with E-state index in [1.165, 1.54) is 0 Å². The highest BCUT2D eigenvalue weighted by Gasteiger charge is 2.18. The molecule has 0 atom stereocenters. The molecule has 0 aliphatic heterocycles. The minimum atomic E-state index is 0.537. The van der Waals surface area contributed by atoms with Crippen molar-refractivity contribution < 1.29 is 8.83 Å². The second-order valence-corrected chi connectivity index (χ2v) is 13.4. The van der Waals surface area contributed by atoms with Crippen molar-refractivity contribution in [1.82, 2.24) is 29.5 Å². The van der Waals surface area contributed by atoms with Crippen molar-refractivity contribution in [3.8, 4) is 62.8 Å². The van der Waals surface area contributed by atoms with Crippen molar-refractivity contribution >= 4 is 44.0 Å². The lowest BCUT2D eigenvalue weighted by Gasteiger charge is -2.08. The maximum absolute atomic E-state index is 6.29. The van der Waals surface area contributed by atoms with Crippen molar-refractivity contribution in [2.24, 2.45) is 0 Å². The van der Waals surface area contributed by atoms with Crippen molar-refractivity contribution in [3.63, 3.8) is 0 Å². The number of nitrogens with zero attached hydrogens (tertiary/aromatic N) is 6. The molecule has 11 aromatic rings. The summed E-state index contributed by atoms with van der Waals surface area (Å²) in [5, 5.41) is 2.28. The topological polar surface area (TPSA) is 95.7 Å². The Hall–Kier alpha value is -7.71. The van der Waals surface area contributed by atoms with Gasteiger partial charge in [-0.25, -0.2) is 24.9 Å². The van der Waals surface area contributed by atoms with Crippen LogP contribution in [0.25, 0.3) is 107 Å². The summed E-state index contributed by atoms with van der Waals surface area (Å²) in [5.41, 5.74) is 10.7. The number of fused-ring (bicyclic) bond motifs is 5. The quantitative estimate of drug-likeness (QED) is 0.170. The number of para-hydroxylation sites is 3. The predicted octanol–water partition coefficient (Wildman–Crippen LogP) is 11.6. The van der Waals surface area contributed by atoms with E-state index in [1.807, 2.05) is 103 Å². The molecule has 4 aromatic heterocycles. The molecule has 8 nitrogen and oxygen atoms in total. The number of benzene rings is 7. The molecule has 0 bridgehead atoms. The summed E-state index contributed by atoms with van der Waals surface area (Å²) in [6.45, 7) is 0. The lowest BCUT2D eigenvalue weighted by molar-refractivity contribution is 0.619. The van der Waals surface area contributed by atoms with Crippen molar-refractivity contribution in [2.45, 2.75) is 0 Å². The van der Waals surface area contributed by atoms with E-state index in [0.29, 0.717) is 34.8 Å². The number of hydrogen-bond acceptors (Lipinski definition) is 7. The van der Waals surface area contributed by atoms with Crippen LogP contribution in [0.1, 0.15) is 0 Å². The molecule has 0 aliphatic carbocycles. The summed E-state index contributed by atoms with van der Waals surface area (Å²) >= 11 is 0. The molecule has 0 unspecified atom stereocenters. The zero-order chi connectivity index (χ0) is 36.3. The fraction of sp³-hybridized carbons (Fsp3) is 0. The zero-order valence-electron chi connectivity index (χ0n) is 29.2. The number of hydrogen-bond donors (Lipinski definition) is 0. The first-order valence-corrected chi connectivity index (χ1v) is 18.0. The monoisotopic (exact) mass is 708 g/mol. The maximum Gasteiger partial charge on any atom is 0.227 e. The van der Waals surface area contributed by atoms with Gasteiger partial charge < -0.3 is 13.4 Å². The highest BCUT2D eigenvalue weighted by molar-refractivity contribution is 6.10. The van der Waals surface area contributed by atoms with Gasteiger partial charge in [-0.3, -0.25) is 0 Å². The molecule has 0 saturated heterocycles. The third-order valence-corrected chi connectivity index (χ3v) is 9.93. The van der Waals surface area contributed by atoms with Gasteiger partial charge in [-0.15, -0.1) is 0 Å². The molecular weight excluding hydrogens is 681 g/mol. The Labute approximate surface area is 314 Å². The van der Waals surface area contributed by atoms with E-state index in [4.69, 9.17) is 33.8 Å². The van der Waals surface area contributed by atoms with Crippen molar-refractivity contribution in [2.75, 3.05) is 0 Å². The van der Waals surface area contributed by atoms with Gasteiger partial charge in [-0.2, -0.15) is 0 Å². The molecule has 258 valence electrons. The summed E-state index contributed by atoms with van der Waals surface area (Å²) in [6, 6.07) is 56.8. The first kappa shape index (κ1) is 30.9. The molecule has 0 N–H and O–H groups in total. The van der Waals surface area contributed by atoms with Crippen molar-refractivity contribution in [1.29, 1.82) is 0 Å². The average Bonchev–Trinajstić information content (AvgIpc) is 3.98. The summed E-state index contributed by atoms with van der Waals surface area (Å²) in [7, 11) is 0. The molecule has 7 aromatic carbocycles. The van der Waals surface area contributed by atoms with Gasteiger partial charge in [0.2, 0.25) is 11.8 Å². The predicted molar refractivity (Wildman–Crippen MR) is 216 cm³/mol. The molecule has 0 aliphatic rings. The fourth-order valence-electron chi connectivity index (χ4n) is 7.26. The van der Waals surface area contributed by atoms with E-state index in [0.717, 1.165) is 71.9 Å². The fourth-order valence-corrected chi connectivity index (χ4v) is 7.26. The second-order valence-electron chi connectivity index (χ2n) is 13.4. The van der Waals surface area contributed by atoms with Gasteiger partial charge in [-0.1, -0.05) is 91.0 Å². The van der Waals surface area contributed by atoms with E-state index in [2.05, 4.69) is 71.3 Å². The van der Waals surface area contributed by atoms with E-state index in [9.17, 15) is 0 Å². The minimum absolute atomic E-state index is 0.537. The molecule has 8 heteroatoms. The minimum Gasteiger partial charge on any atom is -0.436 e. The van der Waals surface area contributed by atoms with Gasteiger partial charge in [-0.05, 0) is 78.9 Å². The van der Waals surface area contributed by atoms with Crippen molar-refractivity contribution in [3.05, 3.63) is 170 Å². The maximum atomic E-state index is 6.29. The van der Waals surface area contributed by atoms with Crippen LogP contribution in [0.15, 0.2) is 179 Å². The SMILES string of the molecule is c1ccc(-c2nc(-c3ccccc3)nc(-c3ccc4oc(-c5ccc(-n6c7ccccc7c7cc(-c8nc9ccccc9o8)ccc76)cc5)nc4c3)n2)cc1. The Morgan fingerprint density at radius 3 is 1.62 bits per heavy atom. The van der Waals surface area contributed by atoms with Gasteiger partial charge in [0.1, 0.15) is 11.0 Å². The smallest absolute Gasteiger partial charge is 0.227 e. The Bertz CT molecular complexity index is 3110. The van der Waals surface area contributed by atoms with Gasteiger partial charge >= 0.3 is 0 Å². The van der Waals surface area contributed by atoms with Crippen LogP contribution in [0, 0.1) is 0 Å². The second kappa shape index (κ2) is 12.5. The summed E-state index contributed by atoms with van der Waals surface area (Å²) in [6.07, 6.45) is 0. The highest BCUT2D eigenvalue weighted by atomic mass is 16.4. The summed E-state index contributed by atoms with van der Waals surface area (Å²) < 4.78 is 14.7. The molecule has 55 heavy (non-hydrogen) atoms. The summed E-state index contributed by atoms with van der Waals surface area (Å²) in [5.74, 6) is 2.93. The van der Waals surface area contributed by atoms with E-state index in [-0.39, 0.29) is 0 Å². The summed E-state index contributed by atoms with van der Waals surface area (Å²) in [4.78, 5) is 24.3. The molecule has 0 amide bonds. The molecule has 11 rings (SSSR count). The van der Waals surface area contributed by atoms with Gasteiger partial charge in [0, 0.05) is 44.3 Å². The lowest BCUT2D eigenvalue weighted by Crippen LogP contribution is -2.00. The van der Waals surface area contributed by atoms with E-state index in [1.54, 1.807) is 0 Å². The van der Waals surface area contributed by atoms with Crippen LogP contribution in [-0.2, 0) is 0 Å². The molecular formula is C47H28N6O2. The largest absolute Gasteiger partial charge is 0.436 e. The Morgan fingerprint density at radius 2 is 0.891 bits per heavy atom. The Balaban J connectivity index is 0.947. The first-order chi connectivity index (χ1) is 27.2. The molecule has 0 radical (unpaired) electrons. The average molecular weight is 709 g/mol. The van der Waals surface area contributed by atoms with E-state index >= 15 is 0 Å². The zero-order valence-corrected chi connectivity index (χ0v) is 29.2. The number of aromatic nitrogens is 6. The highest BCUT2D eigenvalue weighted by Crippen LogP contribution is 2.36. The third-order valence-electron chi connectivity index (χ3n) is 9.93. The number of rotatable bonds is 6. The first-order valence-electron chi connectivity index (χ1n) is 18.0. The Morgan fingerprint density at radius 1 is 0.345 bits per heavy atom. The Kier molecular flexibility index (Phi) is 6.99. The van der Waals surface area contributed by atoms with Crippen LogP contribution in [0.3, 0.4) is 0 Å². The third kappa shape index (κ3) is 5.35. The normalized spacial score (nSPS) is 11.6. The van der Waals surface area contributed by atoms with Crippen LogP contribution >= 0.6 is 0 Å². The number of oxazole rings is 2. The van der Waals surface area contributed by atoms with Crippen LogP contribution in [0.4, 0.5) is 0 Å². The van der Waals surface area contributed by atoms with Gasteiger partial charge in [0.15, 0.2) is 28.6 Å². The van der Waals surface area contributed by atoms with Gasteiger partial charge in [0.05, 0.1) is 11.0 Å². The molecule has 4 heterocycles. The van der Waals surface area contributed by atoms with Crippen LogP contribution in [-0.4, -0.2) is 29.5 Å². The lowest BCUT2D eigenvalue weighted by atomic mass is 10.1. The molecule has 0 fully saturated rings. The van der Waals surface area contributed by atoms with E-state index < -0.39 is 0 Å². The van der Waals surface area contributed by atoms with Crippen LogP contribution in [0.5, 0.6) is 0 Å². The van der Waals surface area contributed by atoms with Crippen LogP contribution in [0.2, 0.25) is 0 Å². The van der Waals surface area contributed by atoms with Crippen LogP contribution < -0.4 is 0 Å².